The van der Waals surface area contributed by atoms with Crippen molar-refractivity contribution in [1.29, 1.82) is 0 Å². The summed E-state index contributed by atoms with van der Waals surface area (Å²) >= 11 is 0. The third-order valence-corrected chi connectivity index (χ3v) is 6.39. The highest BCUT2D eigenvalue weighted by Gasteiger charge is 2.43. The van der Waals surface area contributed by atoms with Gasteiger partial charge in [0.05, 0.1) is 11.6 Å². The third kappa shape index (κ3) is 4.12. The zero-order valence-corrected chi connectivity index (χ0v) is 18.5. The van der Waals surface area contributed by atoms with E-state index < -0.39 is 23.9 Å². The smallest absolute Gasteiger partial charge is 0.411 e. The van der Waals surface area contributed by atoms with Gasteiger partial charge < -0.3 is 15.2 Å². The molecule has 3 aromatic rings. The number of carbonyl (C=O) groups is 3. The highest BCUT2D eigenvalue weighted by Crippen LogP contribution is 2.44. The van der Waals surface area contributed by atoms with Crippen LogP contribution in [0.3, 0.4) is 0 Å². The monoisotopic (exact) mass is 460 g/mol. The first-order chi connectivity index (χ1) is 16.4. The van der Waals surface area contributed by atoms with E-state index in [-0.39, 0.29) is 36.4 Å². The molecule has 2 aliphatic rings. The second-order valence-corrected chi connectivity index (χ2v) is 8.67. The minimum atomic E-state index is -0.852. The minimum absolute atomic E-state index is 0.0449. The largest absolute Gasteiger partial charge is 0.481 e. The number of aryl methyl sites for hydroxylation is 1. The van der Waals surface area contributed by atoms with Gasteiger partial charge in [0.15, 0.2) is 5.69 Å². The Hall–Kier alpha value is -4.14. The van der Waals surface area contributed by atoms with Crippen LogP contribution in [0.15, 0.2) is 54.7 Å². The summed E-state index contributed by atoms with van der Waals surface area (Å²) in [5, 5.41) is 18.4. The topological polar surface area (TPSA) is 123 Å². The van der Waals surface area contributed by atoms with E-state index in [0.717, 1.165) is 22.3 Å². The predicted octanol–water partition coefficient (Wildman–Crippen LogP) is 3.23. The third-order valence-electron chi connectivity index (χ3n) is 6.39. The summed E-state index contributed by atoms with van der Waals surface area (Å²) < 4.78 is 6.97. The fraction of sp³-hybridized carbons (Fsp3) is 0.280. The molecule has 0 unspecified atom stereocenters. The van der Waals surface area contributed by atoms with Crippen molar-refractivity contribution in [2.24, 2.45) is 18.9 Å². The maximum atomic E-state index is 12.6. The van der Waals surface area contributed by atoms with Gasteiger partial charge in [-0.1, -0.05) is 48.5 Å². The van der Waals surface area contributed by atoms with E-state index >= 15 is 0 Å². The molecule has 1 saturated carbocycles. The maximum absolute atomic E-state index is 12.6. The van der Waals surface area contributed by atoms with Crippen LogP contribution in [-0.4, -0.2) is 46.0 Å². The molecule has 0 radical (unpaired) electrons. The first kappa shape index (κ1) is 21.7. The predicted molar refractivity (Wildman–Crippen MR) is 123 cm³/mol. The second-order valence-electron chi connectivity index (χ2n) is 8.67. The average Bonchev–Trinajstić information content (AvgIpc) is 3.43. The summed E-state index contributed by atoms with van der Waals surface area (Å²) in [6.07, 6.45) is 1.38. The summed E-state index contributed by atoms with van der Waals surface area (Å²) in [5.74, 6) is -1.90. The van der Waals surface area contributed by atoms with Crippen molar-refractivity contribution in [3.63, 3.8) is 0 Å². The number of rotatable bonds is 7. The number of nitrogens with zero attached hydrogens (tertiary/aromatic N) is 2. The molecule has 174 valence electrons. The van der Waals surface area contributed by atoms with E-state index in [9.17, 15) is 14.4 Å². The molecule has 0 spiro atoms. The average molecular weight is 460 g/mol. The van der Waals surface area contributed by atoms with Gasteiger partial charge in [0.1, 0.15) is 6.61 Å². The van der Waals surface area contributed by atoms with Gasteiger partial charge in [0.2, 0.25) is 0 Å². The number of aliphatic carboxylic acids is 1. The number of hydrogen-bond donors (Lipinski definition) is 3. The number of aromatic nitrogens is 2. The molecule has 2 aromatic carbocycles. The number of ether oxygens (including phenoxy) is 1. The fourth-order valence-electron chi connectivity index (χ4n) is 4.58. The molecule has 2 amide bonds. The number of carboxylic acid groups (broad SMARTS) is 1. The molecule has 3 N–H and O–H groups in total. The lowest BCUT2D eigenvalue weighted by atomic mass is 9.98. The molecule has 9 heteroatoms. The van der Waals surface area contributed by atoms with E-state index in [4.69, 9.17) is 9.84 Å². The Morgan fingerprint density at radius 3 is 2.35 bits per heavy atom. The van der Waals surface area contributed by atoms with Crippen molar-refractivity contribution in [2.45, 2.75) is 12.3 Å². The van der Waals surface area contributed by atoms with Gasteiger partial charge in [-0.2, -0.15) is 5.10 Å². The van der Waals surface area contributed by atoms with Crippen molar-refractivity contribution in [1.82, 2.24) is 15.1 Å². The Morgan fingerprint density at radius 2 is 1.74 bits per heavy atom. The molecule has 0 aliphatic heterocycles. The highest BCUT2D eigenvalue weighted by atomic mass is 16.5. The quantitative estimate of drug-likeness (QED) is 0.498. The summed E-state index contributed by atoms with van der Waals surface area (Å²) in [6, 6.07) is 16.1. The van der Waals surface area contributed by atoms with Crippen LogP contribution < -0.4 is 10.6 Å². The zero-order valence-electron chi connectivity index (χ0n) is 18.5. The minimum Gasteiger partial charge on any atom is -0.481 e. The number of carbonyl (C=O) groups excluding carboxylic acids is 2. The Balaban J connectivity index is 1.22. The molecule has 5 rings (SSSR count). The molecule has 2 atom stereocenters. The van der Waals surface area contributed by atoms with E-state index in [1.165, 1.54) is 10.9 Å². The summed E-state index contributed by atoms with van der Waals surface area (Å²) in [5.41, 5.74) is 4.76. The van der Waals surface area contributed by atoms with Gasteiger partial charge in [0.25, 0.3) is 5.91 Å². The van der Waals surface area contributed by atoms with E-state index in [1.807, 2.05) is 36.4 Å². The van der Waals surface area contributed by atoms with Crippen molar-refractivity contribution in [3.05, 3.63) is 71.5 Å². The molecule has 9 nitrogen and oxygen atoms in total. The van der Waals surface area contributed by atoms with Crippen molar-refractivity contribution in [2.75, 3.05) is 18.5 Å². The van der Waals surface area contributed by atoms with Crippen molar-refractivity contribution < 1.29 is 24.2 Å². The summed E-state index contributed by atoms with van der Waals surface area (Å²) in [6.45, 7) is 0.399. The van der Waals surface area contributed by atoms with Crippen LogP contribution in [0.4, 0.5) is 10.5 Å². The molecule has 1 fully saturated rings. The molecular weight excluding hydrogens is 436 g/mol. The zero-order chi connectivity index (χ0) is 23.8. The van der Waals surface area contributed by atoms with E-state index in [2.05, 4.69) is 27.9 Å². The Morgan fingerprint density at radius 1 is 1.09 bits per heavy atom. The van der Waals surface area contributed by atoms with E-state index in [0.29, 0.717) is 6.42 Å². The number of nitrogens with one attached hydrogen (secondary N) is 2. The van der Waals surface area contributed by atoms with E-state index in [1.54, 1.807) is 7.05 Å². The number of amides is 2. The number of benzene rings is 2. The van der Waals surface area contributed by atoms with Crippen LogP contribution in [0.25, 0.3) is 11.1 Å². The standard InChI is InChI=1S/C25H24N4O5/c1-29-12-21(22(28-29)23(30)26-11-14-10-19(14)24(31)32)27-25(33)34-13-20-17-8-4-2-6-15(17)16-7-3-5-9-18(16)20/h2-9,12,14,19-20H,10-11,13H2,1H3,(H,26,30)(H,27,33)(H,31,32)/t14-,19-/m1/s1. The Kier molecular flexibility index (Phi) is 5.53. The molecule has 0 bridgehead atoms. The van der Waals surface area contributed by atoms with Crippen LogP contribution in [0, 0.1) is 11.8 Å². The Labute approximate surface area is 195 Å². The maximum Gasteiger partial charge on any atom is 0.411 e. The fourth-order valence-corrected chi connectivity index (χ4v) is 4.58. The second kappa shape index (κ2) is 8.66. The van der Waals surface area contributed by atoms with Gasteiger partial charge in [-0.05, 0) is 34.6 Å². The van der Waals surface area contributed by atoms with Crippen LogP contribution in [0.2, 0.25) is 0 Å². The van der Waals surface area contributed by atoms with Gasteiger partial charge in [-0.3, -0.25) is 19.6 Å². The van der Waals surface area contributed by atoms with Gasteiger partial charge in [0, 0.05) is 25.7 Å². The summed E-state index contributed by atoms with van der Waals surface area (Å²) in [7, 11) is 1.64. The number of anilines is 1. The number of hydrogen-bond acceptors (Lipinski definition) is 5. The normalized spacial score (nSPS) is 18.0. The van der Waals surface area contributed by atoms with Gasteiger partial charge in [-0.15, -0.1) is 0 Å². The van der Waals surface area contributed by atoms with Gasteiger partial charge in [-0.25, -0.2) is 4.79 Å². The number of carboxylic acids is 1. The lowest BCUT2D eigenvalue weighted by Gasteiger charge is -2.14. The molecule has 2 aliphatic carbocycles. The molecule has 0 saturated heterocycles. The molecular formula is C25H24N4O5. The summed E-state index contributed by atoms with van der Waals surface area (Å²) in [4.78, 5) is 36.2. The Bertz CT molecular complexity index is 1240. The molecule has 1 aromatic heterocycles. The first-order valence-electron chi connectivity index (χ1n) is 11.1. The van der Waals surface area contributed by atoms with Crippen LogP contribution in [-0.2, 0) is 16.6 Å². The highest BCUT2D eigenvalue weighted by molar-refractivity contribution is 6.01. The van der Waals surface area contributed by atoms with Gasteiger partial charge >= 0.3 is 12.1 Å². The lowest BCUT2D eigenvalue weighted by molar-refractivity contribution is -0.138. The lowest BCUT2D eigenvalue weighted by Crippen LogP contribution is -2.28. The van der Waals surface area contributed by atoms with Crippen molar-refractivity contribution in [3.8, 4) is 11.1 Å². The first-order valence-corrected chi connectivity index (χ1v) is 11.1. The number of fused-ring (bicyclic) bond motifs is 3. The molecule has 1 heterocycles. The van der Waals surface area contributed by atoms with Crippen LogP contribution in [0.5, 0.6) is 0 Å². The van der Waals surface area contributed by atoms with Crippen LogP contribution in [0.1, 0.15) is 34.0 Å². The SMILES string of the molecule is Cn1cc(NC(=O)OCC2c3ccccc3-c3ccccc32)c(C(=O)NC[C@H]2C[C@H]2C(=O)O)n1. The van der Waals surface area contributed by atoms with Crippen molar-refractivity contribution >= 4 is 23.7 Å². The molecule has 34 heavy (non-hydrogen) atoms. The van der Waals surface area contributed by atoms with Crippen LogP contribution >= 0.6 is 0 Å².